The lowest BCUT2D eigenvalue weighted by molar-refractivity contribution is -0.130. The predicted molar refractivity (Wildman–Crippen MR) is 204 cm³/mol. The summed E-state index contributed by atoms with van der Waals surface area (Å²) in [6.45, 7) is 6.27. The second-order valence-corrected chi connectivity index (χ2v) is 14.6. The van der Waals surface area contributed by atoms with Crippen LogP contribution in [0.3, 0.4) is 0 Å². The molecule has 1 aliphatic heterocycles. The summed E-state index contributed by atoms with van der Waals surface area (Å²) >= 11 is 6.31. The van der Waals surface area contributed by atoms with E-state index in [1.165, 1.54) is 0 Å². The van der Waals surface area contributed by atoms with Gasteiger partial charge in [-0.3, -0.25) is 19.2 Å². The number of piperidine rings is 1. The first-order valence-corrected chi connectivity index (χ1v) is 18.2. The molecule has 280 valence electrons. The molecule has 5 N–H and O–H groups in total. The summed E-state index contributed by atoms with van der Waals surface area (Å²) in [6.07, 6.45) is 1.56. The number of nitriles is 1. The Balaban J connectivity index is 1.42. The van der Waals surface area contributed by atoms with Crippen molar-refractivity contribution in [3.8, 4) is 6.07 Å². The summed E-state index contributed by atoms with van der Waals surface area (Å²) in [5.74, 6) is -1.79. The molecular formula is C40H48ClN7O5. The van der Waals surface area contributed by atoms with Gasteiger partial charge in [0.25, 0.3) is 0 Å². The van der Waals surface area contributed by atoms with E-state index in [0.29, 0.717) is 35.5 Å². The van der Waals surface area contributed by atoms with E-state index < -0.39 is 35.5 Å². The molecule has 6 amide bonds. The van der Waals surface area contributed by atoms with Crippen LogP contribution in [0, 0.1) is 17.2 Å². The molecule has 0 aromatic heterocycles. The number of carbonyl (C=O) groups is 5. The van der Waals surface area contributed by atoms with Crippen LogP contribution in [0.15, 0.2) is 78.9 Å². The third-order valence-corrected chi connectivity index (χ3v) is 9.20. The van der Waals surface area contributed by atoms with Crippen molar-refractivity contribution in [2.75, 3.05) is 18.4 Å². The number of amides is 6. The van der Waals surface area contributed by atoms with E-state index in [-0.39, 0.29) is 56.6 Å². The topological polar surface area (TPSA) is 173 Å². The molecule has 3 aromatic carbocycles. The number of benzene rings is 3. The fraction of sp³-hybridized carbons (Fsp3) is 0.400. The molecule has 0 unspecified atom stereocenters. The van der Waals surface area contributed by atoms with Gasteiger partial charge < -0.3 is 31.5 Å². The largest absolute Gasteiger partial charge is 0.352 e. The van der Waals surface area contributed by atoms with Gasteiger partial charge in [0.2, 0.25) is 23.6 Å². The average Bonchev–Trinajstić information content (AvgIpc) is 3.14. The number of rotatable bonds is 14. The standard InChI is InChI=1S/C40H48ClN7O5/c1-40(2,3)47-35(49)20-19-34(46-39(53)48-23-21-29(22-24-48)36(50)44-31-16-13-28(25-42)14-17-31)38(52)45-33(18-15-27-9-5-4-6-10-27)37(51)43-26-30-11-7-8-12-32(30)41/h4-14,16-17,29,33-34H,15,18-24,26H2,1-3H3,(H,43,51)(H,44,50)(H,45,52)(H,46,53)(H,47,49)/t33-,34-/m0/s1. The molecule has 4 rings (SSSR count). The molecule has 2 atom stereocenters. The smallest absolute Gasteiger partial charge is 0.318 e. The van der Waals surface area contributed by atoms with Gasteiger partial charge >= 0.3 is 6.03 Å². The van der Waals surface area contributed by atoms with E-state index >= 15 is 0 Å². The summed E-state index contributed by atoms with van der Waals surface area (Å²) in [6, 6.07) is 22.8. The number of hydrogen-bond donors (Lipinski definition) is 5. The lowest BCUT2D eigenvalue weighted by Crippen LogP contribution is -2.56. The van der Waals surface area contributed by atoms with Crippen molar-refractivity contribution in [1.29, 1.82) is 5.26 Å². The zero-order valence-corrected chi connectivity index (χ0v) is 31.2. The van der Waals surface area contributed by atoms with E-state index in [4.69, 9.17) is 16.9 Å². The van der Waals surface area contributed by atoms with Gasteiger partial charge in [0.15, 0.2) is 0 Å². The van der Waals surface area contributed by atoms with Crippen LogP contribution in [0.2, 0.25) is 5.02 Å². The molecule has 53 heavy (non-hydrogen) atoms. The predicted octanol–water partition coefficient (Wildman–Crippen LogP) is 5.07. The number of hydrogen-bond acceptors (Lipinski definition) is 6. The van der Waals surface area contributed by atoms with Crippen LogP contribution >= 0.6 is 11.6 Å². The Hall–Kier alpha value is -5.41. The summed E-state index contributed by atoms with van der Waals surface area (Å²) in [5.41, 5.74) is 2.29. The second kappa shape index (κ2) is 19.4. The minimum absolute atomic E-state index is 0.00437. The van der Waals surface area contributed by atoms with E-state index in [1.54, 1.807) is 47.4 Å². The number of nitrogens with one attached hydrogen (secondary N) is 5. The van der Waals surface area contributed by atoms with Crippen LogP contribution in [-0.4, -0.2) is 65.3 Å². The van der Waals surface area contributed by atoms with Crippen molar-refractivity contribution in [2.45, 2.75) is 83.5 Å². The summed E-state index contributed by atoms with van der Waals surface area (Å²) in [7, 11) is 0. The van der Waals surface area contributed by atoms with E-state index in [1.807, 2.05) is 63.2 Å². The highest BCUT2D eigenvalue weighted by Gasteiger charge is 2.32. The van der Waals surface area contributed by atoms with Crippen molar-refractivity contribution >= 4 is 46.9 Å². The lowest BCUT2D eigenvalue weighted by atomic mass is 9.96. The highest BCUT2D eigenvalue weighted by molar-refractivity contribution is 6.31. The molecule has 13 heteroatoms. The Kier molecular flexibility index (Phi) is 14.8. The fourth-order valence-corrected chi connectivity index (χ4v) is 6.13. The van der Waals surface area contributed by atoms with Crippen molar-refractivity contribution in [2.24, 2.45) is 5.92 Å². The van der Waals surface area contributed by atoms with E-state index in [9.17, 15) is 24.0 Å². The summed E-state index contributed by atoms with van der Waals surface area (Å²) in [5, 5.41) is 23.8. The number of likely N-dealkylation sites (tertiary alicyclic amines) is 1. The Bertz CT molecular complexity index is 1760. The SMILES string of the molecule is CC(C)(C)NC(=O)CC[C@H](NC(=O)N1CCC(C(=O)Nc2ccc(C#N)cc2)CC1)C(=O)N[C@@H](CCc1ccccc1)C(=O)NCc1ccccc1Cl. The summed E-state index contributed by atoms with van der Waals surface area (Å²) < 4.78 is 0. The van der Waals surface area contributed by atoms with Crippen LogP contribution < -0.4 is 26.6 Å². The minimum Gasteiger partial charge on any atom is -0.352 e. The molecule has 1 aliphatic rings. The molecule has 0 saturated carbocycles. The molecule has 0 aliphatic carbocycles. The van der Waals surface area contributed by atoms with E-state index in [0.717, 1.165) is 11.1 Å². The number of anilines is 1. The highest BCUT2D eigenvalue weighted by Crippen LogP contribution is 2.21. The number of aryl methyl sites for hydroxylation is 1. The van der Waals surface area contributed by atoms with Crippen molar-refractivity contribution in [1.82, 2.24) is 26.2 Å². The van der Waals surface area contributed by atoms with Gasteiger partial charge in [-0.15, -0.1) is 0 Å². The van der Waals surface area contributed by atoms with Crippen molar-refractivity contribution in [3.05, 3.63) is 101 Å². The molecule has 0 spiro atoms. The number of carbonyl (C=O) groups excluding carboxylic acids is 5. The fourth-order valence-electron chi connectivity index (χ4n) is 5.93. The molecular weight excluding hydrogens is 694 g/mol. The zero-order chi connectivity index (χ0) is 38.4. The first-order valence-electron chi connectivity index (χ1n) is 17.8. The number of nitrogens with zero attached hydrogens (tertiary/aromatic N) is 2. The normalized spacial score (nSPS) is 14.2. The number of halogens is 1. The molecule has 0 radical (unpaired) electrons. The second-order valence-electron chi connectivity index (χ2n) is 14.2. The first kappa shape index (κ1) is 40.4. The lowest BCUT2D eigenvalue weighted by Gasteiger charge is -2.33. The monoisotopic (exact) mass is 741 g/mol. The van der Waals surface area contributed by atoms with Crippen LogP contribution in [-0.2, 0) is 32.1 Å². The Morgan fingerprint density at radius 1 is 0.849 bits per heavy atom. The average molecular weight is 742 g/mol. The molecule has 1 saturated heterocycles. The molecule has 1 heterocycles. The maximum atomic E-state index is 13.9. The third kappa shape index (κ3) is 13.3. The molecule has 3 aromatic rings. The van der Waals surface area contributed by atoms with Crippen LogP contribution in [0.5, 0.6) is 0 Å². The van der Waals surface area contributed by atoms with Gasteiger partial charge in [-0.05, 0) is 94.3 Å². The van der Waals surface area contributed by atoms with Gasteiger partial charge in [-0.25, -0.2) is 4.79 Å². The Labute approximate surface area is 316 Å². The van der Waals surface area contributed by atoms with Crippen LogP contribution in [0.25, 0.3) is 0 Å². The first-order chi connectivity index (χ1) is 25.3. The van der Waals surface area contributed by atoms with Crippen molar-refractivity contribution in [3.63, 3.8) is 0 Å². The van der Waals surface area contributed by atoms with Gasteiger partial charge in [-0.2, -0.15) is 5.26 Å². The zero-order valence-electron chi connectivity index (χ0n) is 30.4. The van der Waals surface area contributed by atoms with Crippen LogP contribution in [0.1, 0.15) is 69.6 Å². The third-order valence-electron chi connectivity index (χ3n) is 8.83. The minimum atomic E-state index is -1.12. The Morgan fingerprint density at radius 3 is 2.13 bits per heavy atom. The van der Waals surface area contributed by atoms with Gasteiger partial charge in [0.05, 0.1) is 11.6 Å². The van der Waals surface area contributed by atoms with Gasteiger partial charge in [0, 0.05) is 48.2 Å². The molecule has 12 nitrogen and oxygen atoms in total. The van der Waals surface area contributed by atoms with Gasteiger partial charge in [-0.1, -0.05) is 60.1 Å². The molecule has 0 bridgehead atoms. The van der Waals surface area contributed by atoms with Gasteiger partial charge in [0.1, 0.15) is 12.1 Å². The Morgan fingerprint density at radius 2 is 1.49 bits per heavy atom. The van der Waals surface area contributed by atoms with E-state index in [2.05, 4.69) is 26.6 Å². The molecule has 1 fully saturated rings. The quantitative estimate of drug-likeness (QED) is 0.154. The van der Waals surface area contributed by atoms with Crippen LogP contribution in [0.4, 0.5) is 10.5 Å². The maximum absolute atomic E-state index is 13.9. The highest BCUT2D eigenvalue weighted by atomic mass is 35.5. The number of urea groups is 1. The maximum Gasteiger partial charge on any atom is 0.318 e. The summed E-state index contributed by atoms with van der Waals surface area (Å²) in [4.78, 5) is 68.3. The van der Waals surface area contributed by atoms with Crippen molar-refractivity contribution < 1.29 is 24.0 Å².